The maximum atomic E-state index is 12.4. The van der Waals surface area contributed by atoms with Crippen molar-refractivity contribution in [1.82, 2.24) is 4.72 Å². The van der Waals surface area contributed by atoms with E-state index in [1.165, 1.54) is 0 Å². The monoisotopic (exact) mass is 296 g/mol. The number of sulfonamides is 1. The van der Waals surface area contributed by atoms with Gasteiger partial charge in [0.25, 0.3) is 0 Å². The van der Waals surface area contributed by atoms with Gasteiger partial charge < -0.3 is 5.32 Å². The summed E-state index contributed by atoms with van der Waals surface area (Å²) in [7, 11) is -3.41. The van der Waals surface area contributed by atoms with Crippen LogP contribution in [0.3, 0.4) is 0 Å². The van der Waals surface area contributed by atoms with Crippen molar-refractivity contribution < 1.29 is 8.42 Å². The summed E-state index contributed by atoms with van der Waals surface area (Å²) in [6, 6.07) is 5.41. The van der Waals surface area contributed by atoms with E-state index in [1.54, 1.807) is 6.07 Å². The molecule has 2 N–H and O–H groups in total. The Bertz CT molecular complexity index is 555. The van der Waals surface area contributed by atoms with Crippen LogP contribution in [0.2, 0.25) is 0 Å². The largest absolute Gasteiger partial charge is 0.385 e. The van der Waals surface area contributed by atoms with Crippen molar-refractivity contribution >= 4 is 15.7 Å². The molecule has 1 aromatic rings. The first-order valence-corrected chi connectivity index (χ1v) is 8.94. The van der Waals surface area contributed by atoms with Crippen LogP contribution < -0.4 is 10.0 Å². The Morgan fingerprint density at radius 2 is 2.15 bits per heavy atom. The second-order valence-corrected chi connectivity index (χ2v) is 7.08. The number of aryl methyl sites for hydroxylation is 1. The normalized spacial score (nSPS) is 16.3. The SMILES string of the molecule is CCCC(CC)NS(=O)(=O)c1ccc2c(c1)CCCN2. The molecule has 1 aliphatic rings. The summed E-state index contributed by atoms with van der Waals surface area (Å²) in [4.78, 5) is 0.384. The van der Waals surface area contributed by atoms with Crippen molar-refractivity contribution in [2.45, 2.75) is 56.9 Å². The van der Waals surface area contributed by atoms with Gasteiger partial charge in [-0.2, -0.15) is 0 Å². The molecule has 0 radical (unpaired) electrons. The lowest BCUT2D eigenvalue weighted by Gasteiger charge is -2.20. The Kier molecular flexibility index (Phi) is 5.05. The molecule has 1 unspecified atom stereocenters. The zero-order valence-electron chi connectivity index (χ0n) is 12.3. The van der Waals surface area contributed by atoms with Gasteiger partial charge >= 0.3 is 0 Å². The third-order valence-corrected chi connectivity index (χ3v) is 5.30. The summed E-state index contributed by atoms with van der Waals surface area (Å²) in [5, 5.41) is 3.30. The maximum Gasteiger partial charge on any atom is 0.240 e. The van der Waals surface area contributed by atoms with E-state index in [0.717, 1.165) is 49.9 Å². The molecule has 1 aliphatic heterocycles. The van der Waals surface area contributed by atoms with Gasteiger partial charge in [0.05, 0.1) is 4.90 Å². The molecule has 0 amide bonds. The highest BCUT2D eigenvalue weighted by atomic mass is 32.2. The van der Waals surface area contributed by atoms with Gasteiger partial charge in [-0.3, -0.25) is 0 Å². The molecule has 20 heavy (non-hydrogen) atoms. The van der Waals surface area contributed by atoms with E-state index in [9.17, 15) is 8.42 Å². The average molecular weight is 296 g/mol. The molecule has 0 aliphatic carbocycles. The van der Waals surface area contributed by atoms with Crippen LogP contribution in [0.25, 0.3) is 0 Å². The summed E-state index contributed by atoms with van der Waals surface area (Å²) < 4.78 is 27.7. The minimum Gasteiger partial charge on any atom is -0.385 e. The van der Waals surface area contributed by atoms with E-state index in [1.807, 2.05) is 19.1 Å². The summed E-state index contributed by atoms with van der Waals surface area (Å²) in [6.45, 7) is 5.05. The van der Waals surface area contributed by atoms with E-state index >= 15 is 0 Å². The van der Waals surface area contributed by atoms with Gasteiger partial charge in [-0.15, -0.1) is 0 Å². The van der Waals surface area contributed by atoms with E-state index in [2.05, 4.69) is 17.0 Å². The zero-order valence-corrected chi connectivity index (χ0v) is 13.1. The van der Waals surface area contributed by atoms with Crippen LogP contribution in [0.4, 0.5) is 5.69 Å². The third kappa shape index (κ3) is 3.52. The number of fused-ring (bicyclic) bond motifs is 1. The van der Waals surface area contributed by atoms with Crippen molar-refractivity contribution in [2.75, 3.05) is 11.9 Å². The quantitative estimate of drug-likeness (QED) is 0.848. The lowest BCUT2D eigenvalue weighted by molar-refractivity contribution is 0.512. The molecular formula is C15H24N2O2S. The number of benzene rings is 1. The van der Waals surface area contributed by atoms with Crippen molar-refractivity contribution in [1.29, 1.82) is 0 Å². The highest BCUT2D eigenvalue weighted by molar-refractivity contribution is 7.89. The van der Waals surface area contributed by atoms with Gasteiger partial charge in [0, 0.05) is 18.3 Å². The van der Waals surface area contributed by atoms with Crippen molar-refractivity contribution in [3.8, 4) is 0 Å². The first-order valence-electron chi connectivity index (χ1n) is 7.46. The van der Waals surface area contributed by atoms with Gasteiger partial charge in [-0.1, -0.05) is 20.3 Å². The summed E-state index contributed by atoms with van der Waals surface area (Å²) in [5.41, 5.74) is 2.17. The van der Waals surface area contributed by atoms with Gasteiger partial charge in [-0.25, -0.2) is 13.1 Å². The number of anilines is 1. The summed E-state index contributed by atoms with van der Waals surface area (Å²) in [6.07, 6.45) is 4.67. The maximum absolute atomic E-state index is 12.4. The van der Waals surface area contributed by atoms with Crippen LogP contribution in [0.15, 0.2) is 23.1 Å². The van der Waals surface area contributed by atoms with E-state index < -0.39 is 10.0 Å². The highest BCUT2D eigenvalue weighted by Gasteiger charge is 2.20. The number of nitrogens with one attached hydrogen (secondary N) is 2. The molecule has 0 aromatic heterocycles. The Morgan fingerprint density at radius 3 is 2.85 bits per heavy atom. The highest BCUT2D eigenvalue weighted by Crippen LogP contribution is 2.25. The Morgan fingerprint density at radius 1 is 1.35 bits per heavy atom. The van der Waals surface area contributed by atoms with Gasteiger partial charge in [0.15, 0.2) is 0 Å². The second-order valence-electron chi connectivity index (χ2n) is 5.36. The van der Waals surface area contributed by atoms with Crippen LogP contribution in [-0.4, -0.2) is 21.0 Å². The fourth-order valence-corrected chi connectivity index (χ4v) is 4.00. The molecule has 2 rings (SSSR count). The second kappa shape index (κ2) is 6.59. The van der Waals surface area contributed by atoms with E-state index in [-0.39, 0.29) is 6.04 Å². The molecule has 4 nitrogen and oxygen atoms in total. The zero-order chi connectivity index (χ0) is 14.6. The average Bonchev–Trinajstić information content (AvgIpc) is 2.46. The molecule has 0 saturated heterocycles. The van der Waals surface area contributed by atoms with Crippen LogP contribution in [0.1, 0.15) is 45.1 Å². The first-order chi connectivity index (χ1) is 9.56. The Labute approximate surface area is 122 Å². The predicted molar refractivity (Wildman–Crippen MR) is 82.6 cm³/mol. The van der Waals surface area contributed by atoms with Crippen molar-refractivity contribution in [2.24, 2.45) is 0 Å². The standard InChI is InChI=1S/C15H24N2O2S/c1-3-6-13(4-2)17-20(18,19)14-8-9-15-12(11-14)7-5-10-16-15/h8-9,11,13,16-17H,3-7,10H2,1-2H3. The minimum absolute atomic E-state index is 0.0270. The van der Waals surface area contributed by atoms with Crippen molar-refractivity contribution in [3.63, 3.8) is 0 Å². The van der Waals surface area contributed by atoms with Crippen molar-refractivity contribution in [3.05, 3.63) is 23.8 Å². The molecule has 1 heterocycles. The van der Waals surface area contributed by atoms with Crippen LogP contribution in [0, 0.1) is 0 Å². The molecule has 0 saturated carbocycles. The van der Waals surface area contributed by atoms with Crippen LogP contribution in [-0.2, 0) is 16.4 Å². The summed E-state index contributed by atoms with van der Waals surface area (Å²) >= 11 is 0. The molecule has 0 fully saturated rings. The molecular weight excluding hydrogens is 272 g/mol. The lowest BCUT2D eigenvalue weighted by Crippen LogP contribution is -2.34. The number of hydrogen-bond acceptors (Lipinski definition) is 3. The van der Waals surface area contributed by atoms with Crippen LogP contribution >= 0.6 is 0 Å². The molecule has 5 heteroatoms. The summed E-state index contributed by atoms with van der Waals surface area (Å²) in [5.74, 6) is 0. The van der Waals surface area contributed by atoms with Crippen LogP contribution in [0.5, 0.6) is 0 Å². The Hall–Kier alpha value is -1.07. The molecule has 1 atom stereocenters. The van der Waals surface area contributed by atoms with Gasteiger partial charge in [0.2, 0.25) is 10.0 Å². The lowest BCUT2D eigenvalue weighted by atomic mass is 10.0. The third-order valence-electron chi connectivity index (χ3n) is 3.78. The fourth-order valence-electron chi connectivity index (χ4n) is 2.60. The number of rotatable bonds is 6. The predicted octanol–water partition coefficient (Wildman–Crippen LogP) is 2.90. The smallest absolute Gasteiger partial charge is 0.240 e. The molecule has 0 bridgehead atoms. The van der Waals surface area contributed by atoms with Gasteiger partial charge in [0.1, 0.15) is 0 Å². The van der Waals surface area contributed by atoms with E-state index in [0.29, 0.717) is 4.90 Å². The fraction of sp³-hybridized carbons (Fsp3) is 0.600. The van der Waals surface area contributed by atoms with Gasteiger partial charge in [-0.05, 0) is 49.4 Å². The minimum atomic E-state index is -3.41. The molecule has 0 spiro atoms. The molecule has 1 aromatic carbocycles. The number of hydrogen-bond donors (Lipinski definition) is 2. The topological polar surface area (TPSA) is 58.2 Å². The van der Waals surface area contributed by atoms with E-state index in [4.69, 9.17) is 0 Å². The molecule has 112 valence electrons. The Balaban J connectivity index is 2.20. The first kappa shape index (κ1) is 15.3.